The van der Waals surface area contributed by atoms with E-state index in [1.807, 2.05) is 29.8 Å². The van der Waals surface area contributed by atoms with E-state index in [2.05, 4.69) is 5.92 Å². The summed E-state index contributed by atoms with van der Waals surface area (Å²) in [6.07, 6.45) is 6.57. The van der Waals surface area contributed by atoms with Crippen LogP contribution in [0.25, 0.3) is 0 Å². The average molecular weight is 281 g/mol. The molecule has 1 amide bonds. The van der Waals surface area contributed by atoms with Crippen molar-refractivity contribution in [1.82, 2.24) is 3.11 Å². The number of rotatable bonds is 4. The largest absolute Gasteiger partial charge is 0.449 e. The lowest BCUT2D eigenvalue weighted by Crippen LogP contribution is -2.22. The molecule has 0 rings (SSSR count). The first-order chi connectivity index (χ1) is 5.72. The minimum atomic E-state index is -0.359. The number of ether oxygens (including phenoxy) is 1. The molecule has 0 radical (unpaired) electrons. The van der Waals surface area contributed by atoms with Gasteiger partial charge in [-0.1, -0.05) is 19.3 Å². The van der Waals surface area contributed by atoms with Crippen molar-refractivity contribution in [2.24, 2.45) is 0 Å². The van der Waals surface area contributed by atoms with Crippen molar-refractivity contribution in [3.63, 3.8) is 0 Å². The summed E-state index contributed by atoms with van der Waals surface area (Å²) in [7, 11) is 0. The molecule has 0 N–H and O–H groups in total. The Morgan fingerprint density at radius 2 is 2.42 bits per heavy atom. The molecule has 0 aliphatic rings. The Bertz CT molecular complexity index is 176. The fourth-order valence-corrected chi connectivity index (χ4v) is 0.855. The van der Waals surface area contributed by atoms with Crippen LogP contribution < -0.4 is 0 Å². The van der Waals surface area contributed by atoms with Gasteiger partial charge in [0.2, 0.25) is 0 Å². The lowest BCUT2D eigenvalue weighted by molar-refractivity contribution is 0.132. The van der Waals surface area contributed by atoms with Gasteiger partial charge in [0.1, 0.15) is 0 Å². The third kappa shape index (κ3) is 5.24. The molecule has 0 fully saturated rings. The van der Waals surface area contributed by atoms with Gasteiger partial charge in [-0.25, -0.2) is 7.91 Å². The second-order valence-electron chi connectivity index (χ2n) is 2.19. The molecule has 0 aliphatic carbocycles. The maximum atomic E-state index is 11.0. The molecule has 68 valence electrons. The zero-order valence-electron chi connectivity index (χ0n) is 7.05. The lowest BCUT2D eigenvalue weighted by atomic mass is 10.4. The standard InChI is InChI=1S/C8H12INO2/c1-3-5-7-12-8(11)10(9)6-4-2/h2H,3,5-7H2,1H3. The smallest absolute Gasteiger partial charge is 0.419 e. The van der Waals surface area contributed by atoms with Crippen LogP contribution in [0.3, 0.4) is 0 Å². The predicted molar refractivity (Wildman–Crippen MR) is 55.8 cm³/mol. The summed E-state index contributed by atoms with van der Waals surface area (Å²) in [5.74, 6) is 2.36. The van der Waals surface area contributed by atoms with E-state index in [4.69, 9.17) is 11.2 Å². The normalized spacial score (nSPS) is 8.75. The molecule has 0 aliphatic heterocycles. The summed E-state index contributed by atoms with van der Waals surface area (Å²) in [6.45, 7) is 2.79. The van der Waals surface area contributed by atoms with Gasteiger partial charge < -0.3 is 4.74 Å². The molecule has 0 saturated carbocycles. The highest BCUT2D eigenvalue weighted by Gasteiger charge is 2.08. The highest BCUT2D eigenvalue weighted by Crippen LogP contribution is 2.01. The van der Waals surface area contributed by atoms with E-state index in [0.29, 0.717) is 6.61 Å². The lowest BCUT2D eigenvalue weighted by Gasteiger charge is -2.10. The number of carbonyl (C=O) groups excluding carboxylic acids is 1. The number of amides is 1. The summed E-state index contributed by atoms with van der Waals surface area (Å²) >= 11 is 1.84. The Balaban J connectivity index is 3.51. The molecule has 0 spiro atoms. The summed E-state index contributed by atoms with van der Waals surface area (Å²) in [4.78, 5) is 11.0. The minimum Gasteiger partial charge on any atom is -0.449 e. The minimum absolute atomic E-state index is 0.283. The molecule has 3 nitrogen and oxygen atoms in total. The van der Waals surface area contributed by atoms with Crippen molar-refractivity contribution in [3.05, 3.63) is 0 Å². The molecule has 0 aromatic carbocycles. The van der Waals surface area contributed by atoms with E-state index in [1.165, 1.54) is 3.11 Å². The molecule has 4 heteroatoms. The fraction of sp³-hybridized carbons (Fsp3) is 0.625. The number of unbranched alkanes of at least 4 members (excludes halogenated alkanes) is 1. The molecule has 0 aromatic rings. The van der Waals surface area contributed by atoms with Crippen molar-refractivity contribution in [2.75, 3.05) is 13.2 Å². The van der Waals surface area contributed by atoms with Crippen molar-refractivity contribution in [3.8, 4) is 12.3 Å². The SMILES string of the molecule is C#CCN(I)C(=O)OCCCC. The number of terminal acetylenes is 1. The maximum Gasteiger partial charge on any atom is 0.419 e. The zero-order valence-corrected chi connectivity index (χ0v) is 9.20. The molecule has 0 aromatic heterocycles. The van der Waals surface area contributed by atoms with Crippen LogP contribution in [0.2, 0.25) is 0 Å². The number of hydrogen-bond acceptors (Lipinski definition) is 2. The van der Waals surface area contributed by atoms with Gasteiger partial charge in [0, 0.05) is 0 Å². The summed E-state index contributed by atoms with van der Waals surface area (Å²) in [6, 6.07) is 0. The molecular weight excluding hydrogens is 269 g/mol. The molecule has 12 heavy (non-hydrogen) atoms. The Hall–Kier alpha value is -0.440. The van der Waals surface area contributed by atoms with Gasteiger partial charge in [-0.15, -0.1) is 6.42 Å². The molecule has 0 saturated heterocycles. The van der Waals surface area contributed by atoms with Crippen LogP contribution in [0.1, 0.15) is 19.8 Å². The van der Waals surface area contributed by atoms with Gasteiger partial charge in [0.25, 0.3) is 0 Å². The predicted octanol–water partition coefficient (Wildman–Crippen LogP) is 2.21. The Labute approximate surface area is 86.9 Å². The van der Waals surface area contributed by atoms with Crippen molar-refractivity contribution >= 4 is 29.0 Å². The number of nitrogens with zero attached hydrogens (tertiary/aromatic N) is 1. The number of halogens is 1. The quantitative estimate of drug-likeness (QED) is 0.342. The first-order valence-electron chi connectivity index (χ1n) is 3.76. The third-order valence-electron chi connectivity index (χ3n) is 1.15. The maximum absolute atomic E-state index is 11.0. The molecule has 0 atom stereocenters. The van der Waals surface area contributed by atoms with E-state index >= 15 is 0 Å². The van der Waals surface area contributed by atoms with E-state index in [9.17, 15) is 4.79 Å². The molecule has 0 bridgehead atoms. The summed E-state index contributed by atoms with van der Waals surface area (Å²) in [5, 5.41) is 0. The van der Waals surface area contributed by atoms with Gasteiger partial charge in [-0.05, 0) is 6.42 Å². The van der Waals surface area contributed by atoms with Gasteiger partial charge in [-0.2, -0.15) is 0 Å². The number of hydrogen-bond donors (Lipinski definition) is 0. The molecule has 0 unspecified atom stereocenters. The van der Waals surface area contributed by atoms with Crippen LogP contribution in [0.5, 0.6) is 0 Å². The fourth-order valence-electron chi connectivity index (χ4n) is 0.519. The van der Waals surface area contributed by atoms with Crippen LogP contribution in [-0.2, 0) is 4.74 Å². The summed E-state index contributed by atoms with van der Waals surface area (Å²) in [5.41, 5.74) is 0. The van der Waals surface area contributed by atoms with E-state index in [0.717, 1.165) is 12.8 Å². The van der Waals surface area contributed by atoms with Gasteiger partial charge in [-0.3, -0.25) is 0 Å². The van der Waals surface area contributed by atoms with Crippen molar-refractivity contribution in [2.45, 2.75) is 19.8 Å². The molecular formula is C8H12INO2. The van der Waals surface area contributed by atoms with Crippen LogP contribution in [-0.4, -0.2) is 22.4 Å². The second-order valence-corrected chi connectivity index (χ2v) is 3.36. The van der Waals surface area contributed by atoms with Gasteiger partial charge >= 0.3 is 6.09 Å². The first kappa shape index (κ1) is 11.6. The van der Waals surface area contributed by atoms with Crippen LogP contribution in [0.4, 0.5) is 4.79 Å². The topological polar surface area (TPSA) is 29.5 Å². The van der Waals surface area contributed by atoms with E-state index in [1.54, 1.807) is 0 Å². The van der Waals surface area contributed by atoms with Crippen LogP contribution >= 0.6 is 22.9 Å². The third-order valence-corrected chi connectivity index (χ3v) is 1.89. The zero-order chi connectivity index (χ0) is 9.40. The summed E-state index contributed by atoms with van der Waals surface area (Å²) < 4.78 is 6.22. The highest BCUT2D eigenvalue weighted by atomic mass is 127. The Morgan fingerprint density at radius 1 is 1.75 bits per heavy atom. The molecule has 0 heterocycles. The highest BCUT2D eigenvalue weighted by molar-refractivity contribution is 14.1. The monoisotopic (exact) mass is 281 g/mol. The van der Waals surface area contributed by atoms with Crippen LogP contribution in [0.15, 0.2) is 0 Å². The van der Waals surface area contributed by atoms with Crippen molar-refractivity contribution in [1.29, 1.82) is 0 Å². The number of carbonyl (C=O) groups is 1. The van der Waals surface area contributed by atoms with Gasteiger partial charge in [0.05, 0.1) is 36.0 Å². The Morgan fingerprint density at radius 3 is 2.92 bits per heavy atom. The van der Waals surface area contributed by atoms with E-state index in [-0.39, 0.29) is 12.6 Å². The van der Waals surface area contributed by atoms with Crippen molar-refractivity contribution < 1.29 is 9.53 Å². The van der Waals surface area contributed by atoms with Crippen LogP contribution in [0, 0.1) is 12.3 Å². The van der Waals surface area contributed by atoms with Gasteiger partial charge in [0.15, 0.2) is 0 Å². The Kier molecular flexibility index (Phi) is 6.96. The first-order valence-corrected chi connectivity index (χ1v) is 4.72. The second kappa shape index (κ2) is 7.22. The van der Waals surface area contributed by atoms with E-state index < -0.39 is 0 Å². The average Bonchev–Trinajstić information content (AvgIpc) is 2.05.